The zero-order valence-corrected chi connectivity index (χ0v) is 20.1. The predicted octanol–water partition coefficient (Wildman–Crippen LogP) is -3.10. The lowest BCUT2D eigenvalue weighted by Crippen LogP contribution is -2.58. The number of carboxylic acid groups (broad SMARTS) is 3. The average molecular weight is 518 g/mol. The van der Waals surface area contributed by atoms with E-state index >= 15 is 0 Å². The molecule has 204 valence electrons. The summed E-state index contributed by atoms with van der Waals surface area (Å²) < 4.78 is 0. The lowest BCUT2D eigenvalue weighted by atomic mass is 9.99. The largest absolute Gasteiger partial charge is 0.481 e. The van der Waals surface area contributed by atoms with Gasteiger partial charge >= 0.3 is 17.9 Å². The first-order chi connectivity index (χ1) is 16.7. The number of guanidine groups is 1. The Morgan fingerprint density at radius 1 is 0.806 bits per heavy atom. The molecule has 0 saturated carbocycles. The smallest absolute Gasteiger partial charge is 0.326 e. The van der Waals surface area contributed by atoms with Crippen LogP contribution in [0, 0.1) is 5.92 Å². The number of carbonyl (C=O) groups excluding carboxylic acids is 3. The predicted molar refractivity (Wildman–Crippen MR) is 125 cm³/mol. The summed E-state index contributed by atoms with van der Waals surface area (Å²) >= 11 is 0. The molecule has 3 amide bonds. The number of amides is 3. The number of hydrogen-bond acceptors (Lipinski definition) is 8. The van der Waals surface area contributed by atoms with Crippen LogP contribution in [0.15, 0.2) is 4.99 Å². The van der Waals surface area contributed by atoms with Crippen LogP contribution in [0.2, 0.25) is 0 Å². The number of nitrogens with zero attached hydrogens (tertiary/aromatic N) is 1. The van der Waals surface area contributed by atoms with Gasteiger partial charge in [-0.05, 0) is 18.8 Å². The third-order valence-electron chi connectivity index (χ3n) is 5.14. The highest BCUT2D eigenvalue weighted by molar-refractivity contribution is 5.96. The summed E-state index contributed by atoms with van der Waals surface area (Å²) in [6.45, 7) is 3.53. The number of carboxylic acids is 3. The van der Waals surface area contributed by atoms with Crippen molar-refractivity contribution in [2.45, 2.75) is 70.1 Å². The summed E-state index contributed by atoms with van der Waals surface area (Å²) in [4.78, 5) is 75.3. The lowest BCUT2D eigenvalue weighted by molar-refractivity contribution is -0.145. The molecule has 0 aromatic carbocycles. The average Bonchev–Trinajstić information content (AvgIpc) is 2.77. The Morgan fingerprint density at radius 3 is 1.64 bits per heavy atom. The van der Waals surface area contributed by atoms with Crippen LogP contribution in [0.25, 0.3) is 0 Å². The molecule has 0 heterocycles. The summed E-state index contributed by atoms with van der Waals surface area (Å²) in [5.41, 5.74) is 16.2. The number of aliphatic carboxylic acids is 3. The molecule has 0 aliphatic carbocycles. The summed E-state index contributed by atoms with van der Waals surface area (Å²) in [6.07, 6.45) is -1.25. The lowest BCUT2D eigenvalue weighted by Gasteiger charge is -2.25. The molecule has 0 aromatic rings. The Morgan fingerprint density at radius 2 is 1.25 bits per heavy atom. The highest BCUT2D eigenvalue weighted by Crippen LogP contribution is 2.07. The fourth-order valence-corrected chi connectivity index (χ4v) is 2.85. The molecule has 5 atom stereocenters. The van der Waals surface area contributed by atoms with Crippen LogP contribution in [0.4, 0.5) is 0 Å². The molecule has 12 N–H and O–H groups in total. The van der Waals surface area contributed by atoms with E-state index in [1.54, 1.807) is 13.8 Å². The van der Waals surface area contributed by atoms with Crippen molar-refractivity contribution in [1.29, 1.82) is 0 Å². The van der Waals surface area contributed by atoms with Crippen molar-refractivity contribution in [3.05, 3.63) is 0 Å². The summed E-state index contributed by atoms with van der Waals surface area (Å²) in [5.74, 6) is -8.00. The minimum absolute atomic E-state index is 0.0760. The maximum Gasteiger partial charge on any atom is 0.326 e. The van der Waals surface area contributed by atoms with Crippen molar-refractivity contribution in [3.63, 3.8) is 0 Å². The van der Waals surface area contributed by atoms with Gasteiger partial charge < -0.3 is 48.5 Å². The van der Waals surface area contributed by atoms with Gasteiger partial charge in [0.15, 0.2) is 5.96 Å². The maximum atomic E-state index is 12.7. The van der Waals surface area contributed by atoms with Crippen molar-refractivity contribution in [2.24, 2.45) is 28.1 Å². The Hall–Kier alpha value is -3.95. The molecule has 0 spiro atoms. The van der Waals surface area contributed by atoms with Crippen LogP contribution in [0.1, 0.15) is 46.0 Å². The van der Waals surface area contributed by atoms with Gasteiger partial charge in [-0.1, -0.05) is 20.3 Å². The van der Waals surface area contributed by atoms with Crippen LogP contribution in [0.5, 0.6) is 0 Å². The number of nitrogens with two attached hydrogens (primary N) is 3. The Balaban J connectivity index is 5.54. The van der Waals surface area contributed by atoms with Crippen molar-refractivity contribution < 1.29 is 44.1 Å². The van der Waals surface area contributed by atoms with Gasteiger partial charge in [0.25, 0.3) is 0 Å². The van der Waals surface area contributed by atoms with Crippen LogP contribution in [-0.4, -0.2) is 87.6 Å². The second-order valence-corrected chi connectivity index (χ2v) is 8.08. The van der Waals surface area contributed by atoms with Crippen molar-refractivity contribution in [2.75, 3.05) is 6.54 Å². The fraction of sp³-hybridized carbons (Fsp3) is 0.650. The molecule has 0 aliphatic heterocycles. The monoisotopic (exact) mass is 517 g/mol. The second kappa shape index (κ2) is 15.9. The quantitative estimate of drug-likeness (QED) is 0.0526. The molecule has 16 heteroatoms. The first-order valence-corrected chi connectivity index (χ1v) is 11.1. The van der Waals surface area contributed by atoms with Gasteiger partial charge in [-0.3, -0.25) is 29.0 Å². The van der Waals surface area contributed by atoms with E-state index in [1.165, 1.54) is 0 Å². The molecular formula is C20H35N7O9. The van der Waals surface area contributed by atoms with Crippen molar-refractivity contribution in [3.8, 4) is 0 Å². The fourth-order valence-electron chi connectivity index (χ4n) is 2.85. The normalized spacial score (nSPS) is 14.8. The summed E-state index contributed by atoms with van der Waals surface area (Å²) in [7, 11) is 0. The number of rotatable bonds is 17. The number of aliphatic imine (C=N–C) groups is 1. The van der Waals surface area contributed by atoms with Gasteiger partial charge in [-0.15, -0.1) is 0 Å². The van der Waals surface area contributed by atoms with Crippen LogP contribution in [0.3, 0.4) is 0 Å². The van der Waals surface area contributed by atoms with E-state index in [1.807, 2.05) is 0 Å². The number of carbonyl (C=O) groups is 6. The minimum atomic E-state index is -1.77. The Bertz CT molecular complexity index is 845. The Labute approximate surface area is 207 Å². The topological polar surface area (TPSA) is 290 Å². The van der Waals surface area contributed by atoms with Crippen LogP contribution >= 0.6 is 0 Å². The van der Waals surface area contributed by atoms with Gasteiger partial charge in [0.1, 0.15) is 18.1 Å². The zero-order valence-electron chi connectivity index (χ0n) is 20.1. The molecule has 0 aromatic heterocycles. The minimum Gasteiger partial charge on any atom is -0.481 e. The van der Waals surface area contributed by atoms with Crippen LogP contribution in [-0.2, 0) is 28.8 Å². The van der Waals surface area contributed by atoms with E-state index in [2.05, 4.69) is 20.9 Å². The van der Waals surface area contributed by atoms with Crippen molar-refractivity contribution >= 4 is 41.6 Å². The maximum absolute atomic E-state index is 12.7. The molecule has 5 unspecified atom stereocenters. The van der Waals surface area contributed by atoms with E-state index < -0.39 is 72.6 Å². The molecule has 0 rings (SSSR count). The van der Waals surface area contributed by atoms with Gasteiger partial charge in [-0.2, -0.15) is 0 Å². The molecule has 36 heavy (non-hydrogen) atoms. The van der Waals surface area contributed by atoms with Crippen LogP contribution < -0.4 is 33.2 Å². The number of hydrogen-bond donors (Lipinski definition) is 9. The van der Waals surface area contributed by atoms with Gasteiger partial charge in [-0.25, -0.2) is 4.79 Å². The SMILES string of the molecule is CCC(C)C(N)C(=O)NC(CC(=O)O)C(=O)NC(CC(=O)O)C(=O)NC(CCCN=C(N)N)C(=O)O. The van der Waals surface area contributed by atoms with E-state index in [-0.39, 0.29) is 31.3 Å². The highest BCUT2D eigenvalue weighted by atomic mass is 16.4. The number of nitrogens with one attached hydrogen (secondary N) is 3. The van der Waals surface area contributed by atoms with E-state index in [0.29, 0.717) is 6.42 Å². The Kier molecular flexibility index (Phi) is 14.1. The van der Waals surface area contributed by atoms with E-state index in [4.69, 9.17) is 27.4 Å². The van der Waals surface area contributed by atoms with Gasteiger partial charge in [0.2, 0.25) is 17.7 Å². The third kappa shape index (κ3) is 12.5. The summed E-state index contributed by atoms with van der Waals surface area (Å²) in [5, 5.41) is 34.0. The van der Waals surface area contributed by atoms with Gasteiger partial charge in [0, 0.05) is 6.54 Å². The van der Waals surface area contributed by atoms with Crippen molar-refractivity contribution in [1.82, 2.24) is 16.0 Å². The second-order valence-electron chi connectivity index (χ2n) is 8.08. The van der Waals surface area contributed by atoms with E-state index in [0.717, 1.165) is 0 Å². The standard InChI is InChI=1S/C20H35N7O9/c1-3-9(2)15(21)18(34)27-12(8-14(30)31)17(33)26-11(7-13(28)29)16(32)25-10(19(35)36)5-4-6-24-20(22)23/h9-12,15H,3-8,21H2,1-2H3,(H,25,32)(H,26,33)(H,27,34)(H,28,29)(H,30,31)(H,35,36)(H4,22,23,24). The first kappa shape index (κ1) is 32.0. The molecule has 0 fully saturated rings. The highest BCUT2D eigenvalue weighted by Gasteiger charge is 2.33. The molecule has 0 aliphatic rings. The molecule has 0 bridgehead atoms. The molecule has 0 saturated heterocycles. The van der Waals surface area contributed by atoms with E-state index in [9.17, 15) is 33.9 Å². The molecule has 0 radical (unpaired) electrons. The zero-order chi connectivity index (χ0) is 28.0. The first-order valence-electron chi connectivity index (χ1n) is 11.1. The third-order valence-corrected chi connectivity index (χ3v) is 5.14. The molecular weight excluding hydrogens is 482 g/mol. The molecule has 16 nitrogen and oxygen atoms in total. The van der Waals surface area contributed by atoms with Gasteiger partial charge in [0.05, 0.1) is 18.9 Å². The summed E-state index contributed by atoms with van der Waals surface area (Å²) in [6, 6.07) is -5.95.